The third-order valence-corrected chi connectivity index (χ3v) is 4.12. The van der Waals surface area contributed by atoms with Crippen molar-refractivity contribution in [1.82, 2.24) is 9.80 Å². The molecule has 0 spiro atoms. The van der Waals surface area contributed by atoms with Gasteiger partial charge in [0.25, 0.3) is 0 Å². The lowest BCUT2D eigenvalue weighted by atomic mass is 10.1. The number of thiophene rings is 1. The molecule has 18 heavy (non-hydrogen) atoms. The van der Waals surface area contributed by atoms with Gasteiger partial charge in [0.1, 0.15) is 0 Å². The fraction of sp³-hybridized carbons (Fsp3) is 0.714. The molecule has 3 nitrogen and oxygen atoms in total. The summed E-state index contributed by atoms with van der Waals surface area (Å²) in [6.45, 7) is 6.40. The van der Waals surface area contributed by atoms with E-state index in [4.69, 9.17) is 4.74 Å². The quantitative estimate of drug-likeness (QED) is 0.753. The molecule has 0 saturated carbocycles. The molecule has 1 fully saturated rings. The first-order valence-electron chi connectivity index (χ1n) is 6.70. The minimum atomic E-state index is 0.728. The molecule has 102 valence electrons. The summed E-state index contributed by atoms with van der Waals surface area (Å²) in [6, 6.07) is 2.23. The smallest absolute Gasteiger partial charge is 0.0507 e. The first-order chi connectivity index (χ1) is 8.74. The fourth-order valence-corrected chi connectivity index (χ4v) is 2.97. The molecule has 0 aromatic carbocycles. The van der Waals surface area contributed by atoms with Crippen molar-refractivity contribution in [3.05, 3.63) is 22.4 Å². The lowest BCUT2D eigenvalue weighted by Crippen LogP contribution is -2.35. The molecule has 1 aromatic heterocycles. The summed E-state index contributed by atoms with van der Waals surface area (Å²) in [5.74, 6) is 0.728. The Kier molecular flexibility index (Phi) is 5.63. The Labute approximate surface area is 114 Å². The summed E-state index contributed by atoms with van der Waals surface area (Å²) in [5, 5.41) is 4.42. The van der Waals surface area contributed by atoms with Crippen molar-refractivity contribution in [3.8, 4) is 0 Å². The second-order valence-corrected chi connectivity index (χ2v) is 6.18. The molecule has 4 heteroatoms. The van der Waals surface area contributed by atoms with Crippen LogP contribution in [0.25, 0.3) is 0 Å². The molecule has 0 bridgehead atoms. The molecule has 0 aliphatic carbocycles. The van der Waals surface area contributed by atoms with Crippen LogP contribution in [0.15, 0.2) is 16.8 Å². The maximum absolute atomic E-state index is 5.48. The van der Waals surface area contributed by atoms with Crippen molar-refractivity contribution in [3.63, 3.8) is 0 Å². The van der Waals surface area contributed by atoms with Gasteiger partial charge in [-0.1, -0.05) is 0 Å². The SMILES string of the molecule is CN(C)CCN(Cc1ccsc1)C[C@H]1CCOC1. The largest absolute Gasteiger partial charge is 0.381 e. The maximum atomic E-state index is 5.48. The average Bonchev–Trinajstić information content (AvgIpc) is 2.98. The minimum Gasteiger partial charge on any atom is -0.381 e. The van der Waals surface area contributed by atoms with Crippen molar-refractivity contribution in [2.45, 2.75) is 13.0 Å². The highest BCUT2D eigenvalue weighted by molar-refractivity contribution is 7.07. The van der Waals surface area contributed by atoms with Crippen LogP contribution >= 0.6 is 11.3 Å². The highest BCUT2D eigenvalue weighted by Gasteiger charge is 2.19. The average molecular weight is 268 g/mol. The Bertz CT molecular complexity index is 321. The Hall–Kier alpha value is -0.420. The van der Waals surface area contributed by atoms with E-state index >= 15 is 0 Å². The van der Waals surface area contributed by atoms with E-state index in [1.807, 2.05) is 0 Å². The Balaban J connectivity index is 1.84. The van der Waals surface area contributed by atoms with Gasteiger partial charge in [0.05, 0.1) is 6.61 Å². The molecule has 1 aliphatic heterocycles. The second kappa shape index (κ2) is 7.24. The first kappa shape index (κ1) is 14.0. The molecule has 1 aromatic rings. The number of hydrogen-bond acceptors (Lipinski definition) is 4. The second-order valence-electron chi connectivity index (χ2n) is 5.40. The van der Waals surface area contributed by atoms with Gasteiger partial charge in [-0.05, 0) is 48.8 Å². The van der Waals surface area contributed by atoms with Gasteiger partial charge in [-0.25, -0.2) is 0 Å². The first-order valence-corrected chi connectivity index (χ1v) is 7.64. The molecule has 1 saturated heterocycles. The fourth-order valence-electron chi connectivity index (χ4n) is 2.31. The van der Waals surface area contributed by atoms with Crippen LogP contribution in [0.3, 0.4) is 0 Å². The molecule has 2 heterocycles. The van der Waals surface area contributed by atoms with Crippen LogP contribution < -0.4 is 0 Å². The van der Waals surface area contributed by atoms with Gasteiger partial charge in [0.2, 0.25) is 0 Å². The van der Waals surface area contributed by atoms with E-state index in [2.05, 4.69) is 40.7 Å². The van der Waals surface area contributed by atoms with E-state index in [1.54, 1.807) is 11.3 Å². The van der Waals surface area contributed by atoms with E-state index in [9.17, 15) is 0 Å². The van der Waals surface area contributed by atoms with E-state index in [0.717, 1.165) is 38.8 Å². The van der Waals surface area contributed by atoms with Crippen molar-refractivity contribution in [2.24, 2.45) is 5.92 Å². The van der Waals surface area contributed by atoms with Crippen LogP contribution in [0.2, 0.25) is 0 Å². The van der Waals surface area contributed by atoms with E-state index in [0.29, 0.717) is 0 Å². The van der Waals surface area contributed by atoms with Crippen LogP contribution in [-0.2, 0) is 11.3 Å². The third kappa shape index (κ3) is 4.69. The van der Waals surface area contributed by atoms with Gasteiger partial charge >= 0.3 is 0 Å². The Morgan fingerprint density at radius 1 is 1.39 bits per heavy atom. The maximum Gasteiger partial charge on any atom is 0.0507 e. The monoisotopic (exact) mass is 268 g/mol. The summed E-state index contributed by atoms with van der Waals surface area (Å²) < 4.78 is 5.48. The summed E-state index contributed by atoms with van der Waals surface area (Å²) in [4.78, 5) is 4.83. The lowest BCUT2D eigenvalue weighted by Gasteiger charge is -2.26. The molecule has 2 rings (SSSR count). The van der Waals surface area contributed by atoms with Gasteiger partial charge < -0.3 is 9.64 Å². The van der Waals surface area contributed by atoms with Crippen molar-refractivity contribution in [1.29, 1.82) is 0 Å². The van der Waals surface area contributed by atoms with Crippen molar-refractivity contribution in [2.75, 3.05) is 46.9 Å². The zero-order chi connectivity index (χ0) is 12.8. The third-order valence-electron chi connectivity index (χ3n) is 3.39. The van der Waals surface area contributed by atoms with Gasteiger partial charge in [-0.15, -0.1) is 0 Å². The molecule has 0 unspecified atom stereocenters. The summed E-state index contributed by atoms with van der Waals surface area (Å²) in [5.41, 5.74) is 1.44. The van der Waals surface area contributed by atoms with E-state index in [1.165, 1.54) is 18.5 Å². The van der Waals surface area contributed by atoms with Gasteiger partial charge in [-0.3, -0.25) is 4.90 Å². The van der Waals surface area contributed by atoms with Crippen LogP contribution in [0.1, 0.15) is 12.0 Å². The standard InChI is InChI=1S/C14H24N2OS/c1-15(2)5-6-16(9-13-3-7-17-11-13)10-14-4-8-18-12-14/h4,8,12-13H,3,5-7,9-11H2,1-2H3/t13-/m1/s1. The summed E-state index contributed by atoms with van der Waals surface area (Å²) in [7, 11) is 4.28. The number of nitrogens with zero attached hydrogens (tertiary/aromatic N) is 2. The molecule has 0 radical (unpaired) electrons. The van der Waals surface area contributed by atoms with Gasteiger partial charge in [-0.2, -0.15) is 11.3 Å². The molecular weight excluding hydrogens is 244 g/mol. The molecule has 1 aliphatic rings. The van der Waals surface area contributed by atoms with Crippen molar-refractivity contribution >= 4 is 11.3 Å². The van der Waals surface area contributed by atoms with E-state index in [-0.39, 0.29) is 0 Å². The summed E-state index contributed by atoms with van der Waals surface area (Å²) in [6.07, 6.45) is 1.22. The highest BCUT2D eigenvalue weighted by atomic mass is 32.1. The number of rotatable bonds is 7. The highest BCUT2D eigenvalue weighted by Crippen LogP contribution is 2.16. The zero-order valence-electron chi connectivity index (χ0n) is 11.5. The normalized spacial score (nSPS) is 20.1. The summed E-state index contributed by atoms with van der Waals surface area (Å²) >= 11 is 1.79. The van der Waals surface area contributed by atoms with Gasteiger partial charge in [0, 0.05) is 32.8 Å². The van der Waals surface area contributed by atoms with Crippen molar-refractivity contribution < 1.29 is 4.74 Å². The topological polar surface area (TPSA) is 15.7 Å². The van der Waals surface area contributed by atoms with E-state index < -0.39 is 0 Å². The number of hydrogen-bond donors (Lipinski definition) is 0. The molecule has 1 atom stereocenters. The zero-order valence-corrected chi connectivity index (χ0v) is 12.3. The molecular formula is C14H24N2OS. The van der Waals surface area contributed by atoms with Crippen LogP contribution in [0.4, 0.5) is 0 Å². The molecule has 0 amide bonds. The lowest BCUT2D eigenvalue weighted by molar-refractivity contribution is 0.159. The van der Waals surface area contributed by atoms with Crippen LogP contribution in [-0.4, -0.2) is 56.7 Å². The minimum absolute atomic E-state index is 0.728. The number of likely N-dealkylation sites (N-methyl/N-ethyl adjacent to an activating group) is 1. The predicted octanol–water partition coefficient (Wildman–Crippen LogP) is 2.15. The Morgan fingerprint density at radius 2 is 2.28 bits per heavy atom. The Morgan fingerprint density at radius 3 is 2.89 bits per heavy atom. The van der Waals surface area contributed by atoms with Crippen LogP contribution in [0.5, 0.6) is 0 Å². The predicted molar refractivity (Wildman–Crippen MR) is 77.1 cm³/mol. The van der Waals surface area contributed by atoms with Gasteiger partial charge in [0.15, 0.2) is 0 Å². The molecule has 0 N–H and O–H groups in total. The van der Waals surface area contributed by atoms with Crippen LogP contribution in [0, 0.1) is 5.92 Å². The number of ether oxygens (including phenoxy) is 1.